The van der Waals surface area contributed by atoms with E-state index >= 15 is 0 Å². The molecule has 10 nitrogen and oxygen atoms in total. The summed E-state index contributed by atoms with van der Waals surface area (Å²) in [7, 11) is 4.50. The van der Waals surface area contributed by atoms with E-state index in [1.807, 2.05) is 0 Å². The minimum absolute atomic E-state index is 0.0496. The first-order valence-electron chi connectivity index (χ1n) is 11.1. The van der Waals surface area contributed by atoms with E-state index in [2.05, 4.69) is 15.6 Å². The molecule has 3 heterocycles. The fourth-order valence-electron chi connectivity index (χ4n) is 4.15. The first kappa shape index (κ1) is 23.8. The van der Waals surface area contributed by atoms with Crippen LogP contribution in [-0.4, -0.2) is 46.2 Å². The summed E-state index contributed by atoms with van der Waals surface area (Å²) in [4.78, 5) is 56.2. The van der Waals surface area contributed by atoms with Crippen LogP contribution in [0.2, 0.25) is 0 Å². The van der Waals surface area contributed by atoms with Crippen LogP contribution in [0.25, 0.3) is 11.0 Å². The molecule has 3 aromatic rings. The van der Waals surface area contributed by atoms with Gasteiger partial charge in [-0.05, 0) is 49.8 Å². The fraction of sp³-hybridized carbons (Fsp3) is 0.435. The molecule has 0 unspecified atom stereocenters. The number of rotatable bonds is 7. The van der Waals surface area contributed by atoms with Crippen LogP contribution in [0.4, 0.5) is 5.00 Å². The summed E-state index contributed by atoms with van der Waals surface area (Å²) in [5, 5.41) is 6.50. The highest BCUT2D eigenvalue weighted by Crippen LogP contribution is 2.38. The maximum Gasteiger partial charge on any atom is 0.332 e. The molecule has 2 amide bonds. The van der Waals surface area contributed by atoms with Gasteiger partial charge in [-0.2, -0.15) is 0 Å². The lowest BCUT2D eigenvalue weighted by Gasteiger charge is -2.13. The Morgan fingerprint density at radius 1 is 1.12 bits per heavy atom. The number of hydrogen-bond donors (Lipinski definition) is 2. The maximum atomic E-state index is 13.1. The van der Waals surface area contributed by atoms with Gasteiger partial charge >= 0.3 is 5.69 Å². The van der Waals surface area contributed by atoms with E-state index in [1.54, 1.807) is 7.11 Å². The fourth-order valence-corrected chi connectivity index (χ4v) is 5.43. The quantitative estimate of drug-likeness (QED) is 0.490. The molecule has 0 saturated carbocycles. The Hall–Kier alpha value is -3.31. The second-order valence-electron chi connectivity index (χ2n) is 8.24. The maximum absolute atomic E-state index is 13.1. The number of aromatic nitrogens is 3. The number of hydrogen-bond acceptors (Lipinski definition) is 7. The summed E-state index contributed by atoms with van der Waals surface area (Å²) >= 11 is 1.42. The van der Waals surface area contributed by atoms with Crippen molar-refractivity contribution in [1.82, 2.24) is 19.4 Å². The molecular formula is C23H27N5O5S. The van der Waals surface area contributed by atoms with Crippen molar-refractivity contribution in [2.75, 3.05) is 25.6 Å². The Balaban J connectivity index is 1.66. The zero-order valence-electron chi connectivity index (χ0n) is 19.4. The molecule has 2 N–H and O–H groups in total. The number of nitrogens with zero attached hydrogens (tertiary/aromatic N) is 3. The van der Waals surface area contributed by atoms with Gasteiger partial charge in [0.05, 0.1) is 10.9 Å². The Bertz CT molecular complexity index is 1390. The van der Waals surface area contributed by atoms with E-state index < -0.39 is 17.2 Å². The van der Waals surface area contributed by atoms with Gasteiger partial charge in [0.1, 0.15) is 16.3 Å². The standard InChI is InChI=1S/C23H27N5O5S/c1-27-18-14(22(31)28(2)23(27)32)9-10-15(25-18)19(29)26-21-17(20(30)24-11-6-12-33-3)13-7-4-5-8-16(13)34-21/h9-10H,4-8,11-12H2,1-3H3,(H,24,30)(H,26,29). The average Bonchev–Trinajstić information content (AvgIpc) is 3.21. The number of methoxy groups -OCH3 is 1. The summed E-state index contributed by atoms with van der Waals surface area (Å²) in [5.41, 5.74) is 0.674. The molecule has 11 heteroatoms. The lowest BCUT2D eigenvalue weighted by atomic mass is 9.95. The molecule has 180 valence electrons. The molecule has 0 saturated heterocycles. The average molecular weight is 486 g/mol. The van der Waals surface area contributed by atoms with Crippen LogP contribution < -0.4 is 21.9 Å². The minimum Gasteiger partial charge on any atom is -0.385 e. The summed E-state index contributed by atoms with van der Waals surface area (Å²) in [6.45, 7) is 1.02. The predicted octanol–water partition coefficient (Wildman–Crippen LogP) is 1.59. The van der Waals surface area contributed by atoms with Crippen molar-refractivity contribution in [2.24, 2.45) is 14.1 Å². The van der Waals surface area contributed by atoms with Crippen LogP contribution in [0, 0.1) is 0 Å². The van der Waals surface area contributed by atoms with Gasteiger partial charge in [-0.15, -0.1) is 11.3 Å². The highest BCUT2D eigenvalue weighted by Gasteiger charge is 2.27. The number of amides is 2. The van der Waals surface area contributed by atoms with Gasteiger partial charge in [-0.1, -0.05) is 0 Å². The molecule has 0 spiro atoms. The molecule has 0 aliphatic heterocycles. The number of nitrogens with one attached hydrogen (secondary N) is 2. The van der Waals surface area contributed by atoms with Gasteiger partial charge in [-0.25, -0.2) is 9.78 Å². The summed E-state index contributed by atoms with van der Waals surface area (Å²) in [5.74, 6) is -0.731. The molecule has 0 radical (unpaired) electrons. The van der Waals surface area contributed by atoms with Crippen molar-refractivity contribution in [1.29, 1.82) is 0 Å². The monoisotopic (exact) mass is 485 g/mol. The Labute approximate surface area is 199 Å². The number of thiophene rings is 1. The third kappa shape index (κ3) is 4.40. The Kier molecular flexibility index (Phi) is 6.94. The van der Waals surface area contributed by atoms with Crippen molar-refractivity contribution in [3.63, 3.8) is 0 Å². The number of pyridine rings is 1. The first-order chi connectivity index (χ1) is 16.3. The van der Waals surface area contributed by atoms with Crippen molar-refractivity contribution < 1.29 is 14.3 Å². The summed E-state index contributed by atoms with van der Waals surface area (Å²) < 4.78 is 7.26. The van der Waals surface area contributed by atoms with Gasteiger partial charge in [0.2, 0.25) is 0 Å². The number of carbonyl (C=O) groups is 2. The molecule has 0 atom stereocenters. The lowest BCUT2D eigenvalue weighted by molar-refractivity contribution is 0.0948. The molecule has 1 aliphatic carbocycles. The highest BCUT2D eigenvalue weighted by atomic mass is 32.1. The van der Waals surface area contributed by atoms with E-state index in [-0.39, 0.29) is 22.6 Å². The van der Waals surface area contributed by atoms with Crippen LogP contribution >= 0.6 is 11.3 Å². The topological polar surface area (TPSA) is 124 Å². The third-order valence-corrected chi connectivity index (χ3v) is 7.18. The largest absolute Gasteiger partial charge is 0.385 e. The second-order valence-corrected chi connectivity index (χ2v) is 9.35. The predicted molar refractivity (Wildman–Crippen MR) is 130 cm³/mol. The van der Waals surface area contributed by atoms with Crippen LogP contribution in [0.15, 0.2) is 21.7 Å². The molecule has 1 aliphatic rings. The van der Waals surface area contributed by atoms with Crippen LogP contribution in [0.1, 0.15) is 50.5 Å². The number of anilines is 1. The molecule has 4 rings (SSSR count). The zero-order valence-corrected chi connectivity index (χ0v) is 20.2. The van der Waals surface area contributed by atoms with Crippen molar-refractivity contribution in [3.8, 4) is 0 Å². The van der Waals surface area contributed by atoms with E-state index in [0.717, 1.165) is 40.7 Å². The second kappa shape index (κ2) is 9.90. The molecule has 3 aromatic heterocycles. The molecular weight excluding hydrogens is 458 g/mol. The molecule has 0 bridgehead atoms. The Morgan fingerprint density at radius 2 is 1.88 bits per heavy atom. The summed E-state index contributed by atoms with van der Waals surface area (Å²) in [6, 6.07) is 2.93. The van der Waals surface area contributed by atoms with E-state index in [9.17, 15) is 19.2 Å². The third-order valence-electron chi connectivity index (χ3n) is 5.97. The van der Waals surface area contributed by atoms with Crippen molar-refractivity contribution in [3.05, 3.63) is 54.7 Å². The van der Waals surface area contributed by atoms with Gasteiger partial charge in [0.25, 0.3) is 17.4 Å². The van der Waals surface area contributed by atoms with Gasteiger partial charge in [0.15, 0.2) is 0 Å². The first-order valence-corrected chi connectivity index (χ1v) is 11.9. The number of aryl methyl sites for hydroxylation is 2. The van der Waals surface area contributed by atoms with Crippen molar-refractivity contribution >= 4 is 39.2 Å². The van der Waals surface area contributed by atoms with E-state index in [1.165, 1.54) is 42.1 Å². The van der Waals surface area contributed by atoms with E-state index in [4.69, 9.17) is 4.74 Å². The Morgan fingerprint density at radius 3 is 2.65 bits per heavy atom. The SMILES string of the molecule is COCCCNC(=O)c1c(NC(=O)c2ccc3c(=O)n(C)c(=O)n(C)c3n2)sc2c1CCCC2. The van der Waals surface area contributed by atoms with Crippen LogP contribution in [0.3, 0.4) is 0 Å². The molecule has 34 heavy (non-hydrogen) atoms. The molecule has 0 aromatic carbocycles. The zero-order chi connectivity index (χ0) is 24.4. The minimum atomic E-state index is -0.527. The molecule has 0 fully saturated rings. The lowest BCUT2D eigenvalue weighted by Crippen LogP contribution is -2.37. The number of ether oxygens (including phenoxy) is 1. The van der Waals surface area contributed by atoms with E-state index in [0.29, 0.717) is 30.1 Å². The van der Waals surface area contributed by atoms with Gasteiger partial charge < -0.3 is 15.4 Å². The summed E-state index contributed by atoms with van der Waals surface area (Å²) in [6.07, 6.45) is 4.40. The smallest absolute Gasteiger partial charge is 0.332 e. The van der Waals surface area contributed by atoms with Crippen molar-refractivity contribution in [2.45, 2.75) is 32.1 Å². The number of fused-ring (bicyclic) bond motifs is 2. The van der Waals surface area contributed by atoms with Gasteiger partial charge in [0, 0.05) is 39.2 Å². The van der Waals surface area contributed by atoms with Crippen LogP contribution in [-0.2, 0) is 31.7 Å². The number of carbonyl (C=O) groups excluding carboxylic acids is 2. The highest BCUT2D eigenvalue weighted by molar-refractivity contribution is 7.17. The normalized spacial score (nSPS) is 13.0. The van der Waals surface area contributed by atoms with Gasteiger partial charge in [-0.3, -0.25) is 23.5 Å². The van der Waals surface area contributed by atoms with Crippen LogP contribution in [0.5, 0.6) is 0 Å².